The number of anilines is 1. The molecule has 172 valence electrons. The summed E-state index contributed by atoms with van der Waals surface area (Å²) in [5.74, 6) is 0.442. The summed E-state index contributed by atoms with van der Waals surface area (Å²) in [6.45, 7) is 2.37. The third-order valence-corrected chi connectivity index (χ3v) is 7.19. The average Bonchev–Trinajstić information content (AvgIpc) is 3.15. The molecular weight excluding hydrogens is 432 g/mol. The number of benzene rings is 2. The lowest BCUT2D eigenvalue weighted by molar-refractivity contribution is -0.142. The molecule has 0 bridgehead atoms. The molecule has 9 heteroatoms. The SMILES string of the molecule is CCCNC(=O)C[C@@H]1C[C@@H]2c3cc(NS(=O)(=O)c4ccccc4)ccc3O[C@@H]2[C@@H](CO)O1. The van der Waals surface area contributed by atoms with Gasteiger partial charge in [-0.3, -0.25) is 9.52 Å². The first-order valence-corrected chi connectivity index (χ1v) is 12.3. The topological polar surface area (TPSA) is 114 Å². The molecule has 0 unspecified atom stereocenters. The Morgan fingerprint density at radius 2 is 1.97 bits per heavy atom. The molecular formula is C23H28N2O6S. The van der Waals surface area contributed by atoms with E-state index >= 15 is 0 Å². The van der Waals surface area contributed by atoms with Crippen molar-refractivity contribution in [1.29, 1.82) is 0 Å². The van der Waals surface area contributed by atoms with Gasteiger partial charge in [0.05, 0.1) is 24.0 Å². The van der Waals surface area contributed by atoms with Crippen LogP contribution in [0.3, 0.4) is 0 Å². The molecule has 3 N–H and O–H groups in total. The first kappa shape index (κ1) is 22.6. The predicted molar refractivity (Wildman–Crippen MR) is 119 cm³/mol. The molecule has 32 heavy (non-hydrogen) atoms. The first-order valence-electron chi connectivity index (χ1n) is 10.8. The monoisotopic (exact) mass is 460 g/mol. The van der Waals surface area contributed by atoms with Crippen molar-refractivity contribution in [3.8, 4) is 5.75 Å². The number of hydrogen-bond acceptors (Lipinski definition) is 6. The highest BCUT2D eigenvalue weighted by atomic mass is 32.2. The van der Waals surface area contributed by atoms with Crippen LogP contribution >= 0.6 is 0 Å². The summed E-state index contributed by atoms with van der Waals surface area (Å²) < 4.78 is 40.0. The van der Waals surface area contributed by atoms with E-state index in [1.165, 1.54) is 12.1 Å². The van der Waals surface area contributed by atoms with Gasteiger partial charge < -0.3 is 19.9 Å². The minimum atomic E-state index is -3.72. The molecule has 0 aliphatic carbocycles. The number of sulfonamides is 1. The molecule has 2 aromatic rings. The van der Waals surface area contributed by atoms with Crippen molar-refractivity contribution in [3.63, 3.8) is 0 Å². The van der Waals surface area contributed by atoms with Crippen molar-refractivity contribution in [2.45, 2.75) is 55.3 Å². The van der Waals surface area contributed by atoms with E-state index in [0.717, 1.165) is 12.0 Å². The maximum Gasteiger partial charge on any atom is 0.261 e. The van der Waals surface area contributed by atoms with Crippen LogP contribution in [0.2, 0.25) is 0 Å². The normalized spacial score (nSPS) is 24.2. The molecule has 2 heterocycles. The number of aliphatic hydroxyl groups is 1. The zero-order valence-corrected chi connectivity index (χ0v) is 18.7. The van der Waals surface area contributed by atoms with E-state index in [-0.39, 0.29) is 42.0 Å². The average molecular weight is 461 g/mol. The second kappa shape index (κ2) is 9.48. The number of amides is 1. The van der Waals surface area contributed by atoms with Crippen molar-refractivity contribution in [2.75, 3.05) is 17.9 Å². The predicted octanol–water partition coefficient (Wildman–Crippen LogP) is 2.40. The van der Waals surface area contributed by atoms with Gasteiger partial charge in [0.25, 0.3) is 10.0 Å². The number of carbonyl (C=O) groups excluding carboxylic acids is 1. The van der Waals surface area contributed by atoms with E-state index in [0.29, 0.717) is 24.4 Å². The summed E-state index contributed by atoms with van der Waals surface area (Å²) in [4.78, 5) is 12.4. The summed E-state index contributed by atoms with van der Waals surface area (Å²) in [6.07, 6.45) is 0.298. The second-order valence-corrected chi connectivity index (χ2v) is 9.81. The van der Waals surface area contributed by atoms with Crippen LogP contribution in [0.4, 0.5) is 5.69 Å². The van der Waals surface area contributed by atoms with Gasteiger partial charge >= 0.3 is 0 Å². The standard InChI is InChI=1S/C23H28N2O6S/c1-2-10-24-22(27)13-16-12-19-18-11-15(25-32(28,29)17-6-4-3-5-7-17)8-9-20(18)31-23(19)21(14-26)30-16/h3-9,11,16,19,21,23,25-26H,2,10,12-14H2,1H3,(H,24,27)/t16-,19+,21+,23-/m0/s1. The number of rotatable bonds is 8. The van der Waals surface area contributed by atoms with E-state index in [9.17, 15) is 18.3 Å². The largest absolute Gasteiger partial charge is 0.487 e. The number of aliphatic hydroxyl groups excluding tert-OH is 1. The van der Waals surface area contributed by atoms with Gasteiger partial charge in [-0.05, 0) is 43.2 Å². The molecule has 1 amide bonds. The van der Waals surface area contributed by atoms with E-state index in [2.05, 4.69) is 10.0 Å². The molecule has 4 atom stereocenters. The van der Waals surface area contributed by atoms with Crippen molar-refractivity contribution in [3.05, 3.63) is 54.1 Å². The molecule has 1 fully saturated rings. The van der Waals surface area contributed by atoms with Gasteiger partial charge in [-0.15, -0.1) is 0 Å². The summed E-state index contributed by atoms with van der Waals surface area (Å²) in [7, 11) is -3.72. The van der Waals surface area contributed by atoms with Gasteiger partial charge in [-0.1, -0.05) is 25.1 Å². The summed E-state index contributed by atoms with van der Waals surface area (Å²) >= 11 is 0. The fourth-order valence-electron chi connectivity index (χ4n) is 4.31. The third-order valence-electron chi connectivity index (χ3n) is 5.79. The Morgan fingerprint density at radius 3 is 2.69 bits per heavy atom. The van der Waals surface area contributed by atoms with Crippen molar-refractivity contribution >= 4 is 21.6 Å². The van der Waals surface area contributed by atoms with Gasteiger partial charge in [0.2, 0.25) is 5.91 Å². The molecule has 4 rings (SSSR count). The third kappa shape index (κ3) is 4.74. The Kier molecular flexibility index (Phi) is 6.68. The van der Waals surface area contributed by atoms with Crippen LogP contribution < -0.4 is 14.8 Å². The highest BCUT2D eigenvalue weighted by molar-refractivity contribution is 7.92. The Labute approximate surface area is 188 Å². The van der Waals surface area contributed by atoms with Gasteiger partial charge in [0, 0.05) is 23.7 Å². The lowest BCUT2D eigenvalue weighted by Gasteiger charge is -2.37. The Balaban J connectivity index is 1.54. The molecule has 1 saturated heterocycles. The molecule has 2 aliphatic heterocycles. The number of carbonyl (C=O) groups is 1. The van der Waals surface area contributed by atoms with E-state index < -0.39 is 16.1 Å². The van der Waals surface area contributed by atoms with Crippen LogP contribution in [0.5, 0.6) is 5.75 Å². The van der Waals surface area contributed by atoms with Gasteiger partial charge in [-0.25, -0.2) is 8.42 Å². The minimum absolute atomic E-state index is 0.0875. The lowest BCUT2D eigenvalue weighted by Crippen LogP contribution is -2.47. The Bertz CT molecular complexity index is 1060. The van der Waals surface area contributed by atoms with Crippen molar-refractivity contribution in [1.82, 2.24) is 5.32 Å². The Hall–Kier alpha value is -2.62. The van der Waals surface area contributed by atoms with E-state index in [1.807, 2.05) is 6.92 Å². The van der Waals surface area contributed by atoms with Crippen LogP contribution in [0.25, 0.3) is 0 Å². The molecule has 0 saturated carbocycles. The van der Waals surface area contributed by atoms with E-state index in [4.69, 9.17) is 9.47 Å². The van der Waals surface area contributed by atoms with Gasteiger partial charge in [-0.2, -0.15) is 0 Å². The van der Waals surface area contributed by atoms with Gasteiger partial charge in [0.1, 0.15) is 18.0 Å². The van der Waals surface area contributed by atoms with Crippen molar-refractivity contribution < 1.29 is 27.8 Å². The highest BCUT2D eigenvalue weighted by Gasteiger charge is 2.46. The first-order chi connectivity index (χ1) is 15.4. The zero-order chi connectivity index (χ0) is 22.7. The smallest absolute Gasteiger partial charge is 0.261 e. The second-order valence-electron chi connectivity index (χ2n) is 8.13. The summed E-state index contributed by atoms with van der Waals surface area (Å²) in [6, 6.07) is 13.3. The van der Waals surface area contributed by atoms with Crippen LogP contribution in [-0.4, -0.2) is 50.9 Å². The van der Waals surface area contributed by atoms with E-state index in [1.54, 1.807) is 36.4 Å². The van der Waals surface area contributed by atoms with Crippen LogP contribution in [0.15, 0.2) is 53.4 Å². The summed E-state index contributed by atoms with van der Waals surface area (Å²) in [5, 5.41) is 12.7. The number of nitrogens with one attached hydrogen (secondary N) is 2. The Morgan fingerprint density at radius 1 is 1.19 bits per heavy atom. The van der Waals surface area contributed by atoms with Gasteiger partial charge in [0.15, 0.2) is 0 Å². The fourth-order valence-corrected chi connectivity index (χ4v) is 5.38. The maximum atomic E-state index is 12.7. The van der Waals surface area contributed by atoms with Crippen LogP contribution in [0, 0.1) is 0 Å². The molecule has 8 nitrogen and oxygen atoms in total. The molecule has 0 aromatic heterocycles. The maximum absolute atomic E-state index is 12.7. The molecule has 0 spiro atoms. The number of fused-ring (bicyclic) bond motifs is 3. The molecule has 2 aromatic carbocycles. The van der Waals surface area contributed by atoms with Crippen LogP contribution in [0.1, 0.15) is 37.7 Å². The van der Waals surface area contributed by atoms with Crippen LogP contribution in [-0.2, 0) is 19.6 Å². The quantitative estimate of drug-likeness (QED) is 0.557. The number of ether oxygens (including phenoxy) is 2. The highest BCUT2D eigenvalue weighted by Crippen LogP contribution is 2.47. The minimum Gasteiger partial charge on any atom is -0.487 e. The fraction of sp³-hybridized carbons (Fsp3) is 0.435. The molecule has 0 radical (unpaired) electrons. The zero-order valence-electron chi connectivity index (χ0n) is 17.9. The van der Waals surface area contributed by atoms with Crippen molar-refractivity contribution in [2.24, 2.45) is 0 Å². The number of hydrogen-bond donors (Lipinski definition) is 3. The lowest BCUT2D eigenvalue weighted by atomic mass is 9.84. The summed E-state index contributed by atoms with van der Waals surface area (Å²) in [5.41, 5.74) is 1.28. The molecule has 2 aliphatic rings.